The maximum atomic E-state index is 3.79. The van der Waals surface area contributed by atoms with Gasteiger partial charge in [-0.15, -0.1) is 0 Å². The van der Waals surface area contributed by atoms with Crippen molar-refractivity contribution in [2.45, 2.75) is 64.1 Å². The van der Waals surface area contributed by atoms with Crippen molar-refractivity contribution < 1.29 is 0 Å². The summed E-state index contributed by atoms with van der Waals surface area (Å²) < 4.78 is 0. The molecule has 0 bridgehead atoms. The van der Waals surface area contributed by atoms with Crippen LogP contribution >= 0.6 is 0 Å². The van der Waals surface area contributed by atoms with Gasteiger partial charge in [0, 0.05) is 24.7 Å². The van der Waals surface area contributed by atoms with E-state index in [1.165, 1.54) is 45.2 Å². The van der Waals surface area contributed by atoms with Crippen molar-refractivity contribution in [1.29, 1.82) is 0 Å². The smallest absolute Gasteiger partial charge is 0.0198 e. The lowest BCUT2D eigenvalue weighted by Crippen LogP contribution is -2.47. The van der Waals surface area contributed by atoms with Crippen LogP contribution < -0.4 is 5.32 Å². The number of hydrogen-bond acceptors (Lipinski definition) is 2. The molecule has 0 aromatic rings. The zero-order valence-corrected chi connectivity index (χ0v) is 10.1. The Morgan fingerprint density at radius 3 is 2.47 bits per heavy atom. The second-order valence-corrected chi connectivity index (χ2v) is 6.48. The predicted molar refractivity (Wildman–Crippen MR) is 62.9 cm³/mol. The Labute approximate surface area is 93.4 Å². The maximum Gasteiger partial charge on any atom is 0.0198 e. The fraction of sp³-hybridized carbons (Fsp3) is 1.00. The van der Waals surface area contributed by atoms with Gasteiger partial charge in [-0.3, -0.25) is 4.90 Å². The van der Waals surface area contributed by atoms with Crippen LogP contribution in [0.2, 0.25) is 0 Å². The third-order valence-electron chi connectivity index (χ3n) is 4.40. The van der Waals surface area contributed by atoms with Gasteiger partial charge in [0.1, 0.15) is 0 Å². The summed E-state index contributed by atoms with van der Waals surface area (Å²) in [5.41, 5.74) is 0.613. The zero-order chi connectivity index (χ0) is 10.5. The van der Waals surface area contributed by atoms with E-state index >= 15 is 0 Å². The molecule has 2 atom stereocenters. The highest BCUT2D eigenvalue weighted by Gasteiger charge is 2.49. The van der Waals surface area contributed by atoms with Crippen molar-refractivity contribution >= 4 is 0 Å². The lowest BCUT2D eigenvalue weighted by molar-refractivity contribution is 0.165. The molecule has 1 N–H and O–H groups in total. The molecular weight excluding hydrogens is 184 g/mol. The number of nitrogens with one attached hydrogen (secondary N) is 1. The molecule has 1 heterocycles. The lowest BCUT2D eigenvalue weighted by atomic mass is 10.0. The molecule has 2 saturated carbocycles. The third-order valence-corrected chi connectivity index (χ3v) is 4.40. The van der Waals surface area contributed by atoms with Crippen LogP contribution in [0.15, 0.2) is 0 Å². The summed E-state index contributed by atoms with van der Waals surface area (Å²) in [6.45, 7) is 7.48. The first-order valence-corrected chi connectivity index (χ1v) is 6.65. The molecule has 86 valence electrons. The van der Waals surface area contributed by atoms with E-state index in [1.54, 1.807) is 0 Å². The van der Waals surface area contributed by atoms with Crippen LogP contribution in [0, 0.1) is 5.41 Å². The van der Waals surface area contributed by atoms with E-state index in [1.807, 2.05) is 0 Å². The Balaban J connectivity index is 1.52. The highest BCUT2D eigenvalue weighted by molar-refractivity contribution is 5.04. The number of likely N-dealkylation sites (tertiary alicyclic amines) is 1. The van der Waals surface area contributed by atoms with E-state index < -0.39 is 0 Å². The van der Waals surface area contributed by atoms with Gasteiger partial charge < -0.3 is 5.32 Å². The standard InChI is InChI=1S/C13H24N2/c1-13(2)8-12(13)15-7-3-4-11(9-15)14-10-5-6-10/h10-12,14H,3-9H2,1-2H3. The van der Waals surface area contributed by atoms with E-state index in [4.69, 9.17) is 0 Å². The fourth-order valence-corrected chi connectivity index (χ4v) is 3.07. The lowest BCUT2D eigenvalue weighted by Gasteiger charge is -2.34. The summed E-state index contributed by atoms with van der Waals surface area (Å²) in [5, 5.41) is 3.79. The first-order valence-electron chi connectivity index (χ1n) is 6.65. The van der Waals surface area contributed by atoms with Gasteiger partial charge in [-0.25, -0.2) is 0 Å². The Bertz CT molecular complexity index is 245. The van der Waals surface area contributed by atoms with Crippen LogP contribution in [0.4, 0.5) is 0 Å². The van der Waals surface area contributed by atoms with Gasteiger partial charge in [0.15, 0.2) is 0 Å². The number of piperidine rings is 1. The third kappa shape index (κ3) is 2.21. The average molecular weight is 208 g/mol. The number of nitrogens with zero attached hydrogens (tertiary/aromatic N) is 1. The summed E-state index contributed by atoms with van der Waals surface area (Å²) in [7, 11) is 0. The SMILES string of the molecule is CC1(C)CC1N1CCCC(NC2CC2)C1. The minimum atomic E-state index is 0.613. The van der Waals surface area contributed by atoms with Crippen LogP contribution in [0.3, 0.4) is 0 Å². The van der Waals surface area contributed by atoms with Crippen LogP contribution in [-0.2, 0) is 0 Å². The topological polar surface area (TPSA) is 15.3 Å². The fourth-order valence-electron chi connectivity index (χ4n) is 3.07. The largest absolute Gasteiger partial charge is 0.310 e. The summed E-state index contributed by atoms with van der Waals surface area (Å²) in [6, 6.07) is 2.56. The summed E-state index contributed by atoms with van der Waals surface area (Å²) in [5.74, 6) is 0. The highest BCUT2D eigenvalue weighted by Crippen LogP contribution is 2.49. The molecule has 2 aliphatic carbocycles. The Hall–Kier alpha value is -0.0800. The van der Waals surface area contributed by atoms with E-state index in [2.05, 4.69) is 24.1 Å². The second kappa shape index (κ2) is 3.46. The second-order valence-electron chi connectivity index (χ2n) is 6.48. The Morgan fingerprint density at radius 1 is 1.13 bits per heavy atom. The van der Waals surface area contributed by atoms with Crippen LogP contribution in [0.1, 0.15) is 46.0 Å². The molecule has 0 aromatic heterocycles. The van der Waals surface area contributed by atoms with E-state index in [0.29, 0.717) is 5.41 Å². The Morgan fingerprint density at radius 2 is 1.87 bits per heavy atom. The van der Waals surface area contributed by atoms with E-state index in [0.717, 1.165) is 18.1 Å². The van der Waals surface area contributed by atoms with E-state index in [9.17, 15) is 0 Å². The monoisotopic (exact) mass is 208 g/mol. The van der Waals surface area contributed by atoms with Crippen LogP contribution in [-0.4, -0.2) is 36.1 Å². The summed E-state index contributed by atoms with van der Waals surface area (Å²) >= 11 is 0. The van der Waals surface area contributed by atoms with Crippen molar-refractivity contribution in [2.24, 2.45) is 5.41 Å². The highest BCUT2D eigenvalue weighted by atomic mass is 15.2. The van der Waals surface area contributed by atoms with Crippen LogP contribution in [0.5, 0.6) is 0 Å². The average Bonchev–Trinajstić information content (AvgIpc) is 3.06. The minimum Gasteiger partial charge on any atom is -0.310 e. The molecule has 3 rings (SSSR count). The van der Waals surface area contributed by atoms with Gasteiger partial charge >= 0.3 is 0 Å². The molecule has 15 heavy (non-hydrogen) atoms. The molecular formula is C13H24N2. The first kappa shape index (κ1) is 10.1. The molecule has 0 aromatic carbocycles. The van der Waals surface area contributed by atoms with Gasteiger partial charge in [-0.2, -0.15) is 0 Å². The molecule has 3 fully saturated rings. The van der Waals surface area contributed by atoms with Gasteiger partial charge in [-0.1, -0.05) is 13.8 Å². The molecule has 0 radical (unpaired) electrons. The van der Waals surface area contributed by atoms with Gasteiger partial charge in [-0.05, 0) is 44.1 Å². The predicted octanol–water partition coefficient (Wildman–Crippen LogP) is 2.00. The van der Waals surface area contributed by atoms with Crippen molar-refractivity contribution in [3.63, 3.8) is 0 Å². The van der Waals surface area contributed by atoms with Crippen molar-refractivity contribution in [3.05, 3.63) is 0 Å². The molecule has 3 aliphatic rings. The molecule has 1 aliphatic heterocycles. The van der Waals surface area contributed by atoms with Gasteiger partial charge in [0.2, 0.25) is 0 Å². The van der Waals surface area contributed by atoms with Gasteiger partial charge in [0.25, 0.3) is 0 Å². The number of rotatable bonds is 3. The zero-order valence-electron chi connectivity index (χ0n) is 10.1. The molecule has 1 saturated heterocycles. The van der Waals surface area contributed by atoms with E-state index in [-0.39, 0.29) is 0 Å². The van der Waals surface area contributed by atoms with Crippen molar-refractivity contribution in [3.8, 4) is 0 Å². The first-order chi connectivity index (χ1) is 7.15. The van der Waals surface area contributed by atoms with Gasteiger partial charge in [0.05, 0.1) is 0 Å². The molecule has 2 nitrogen and oxygen atoms in total. The molecule has 2 heteroatoms. The summed E-state index contributed by atoms with van der Waals surface area (Å²) in [6.07, 6.45) is 7.07. The van der Waals surface area contributed by atoms with Crippen molar-refractivity contribution in [2.75, 3.05) is 13.1 Å². The minimum absolute atomic E-state index is 0.613. The normalized spacial score (nSPS) is 40.4. The number of hydrogen-bond donors (Lipinski definition) is 1. The maximum absolute atomic E-state index is 3.79. The quantitative estimate of drug-likeness (QED) is 0.763. The molecule has 2 unspecified atom stereocenters. The molecule has 0 amide bonds. The van der Waals surface area contributed by atoms with Crippen molar-refractivity contribution in [1.82, 2.24) is 10.2 Å². The molecule has 0 spiro atoms. The summed E-state index contributed by atoms with van der Waals surface area (Å²) in [4.78, 5) is 2.74. The van der Waals surface area contributed by atoms with Crippen LogP contribution in [0.25, 0.3) is 0 Å². The Kier molecular flexibility index (Phi) is 2.33.